The molecule has 12 heteroatoms. The van der Waals surface area contributed by atoms with E-state index in [0.717, 1.165) is 97.3 Å². The van der Waals surface area contributed by atoms with Gasteiger partial charge in [0.2, 0.25) is 17.7 Å². The summed E-state index contributed by atoms with van der Waals surface area (Å²) in [6, 6.07) is 9.63. The molecule has 1 aromatic rings. The van der Waals surface area contributed by atoms with Crippen LogP contribution in [0.3, 0.4) is 0 Å². The third kappa shape index (κ3) is 9.06. The van der Waals surface area contributed by atoms with Gasteiger partial charge in [-0.15, -0.1) is 0 Å². The number of rotatable bonds is 7. The lowest BCUT2D eigenvalue weighted by atomic mass is 9.79. The number of piperidine rings is 2. The Labute approximate surface area is 284 Å². The van der Waals surface area contributed by atoms with Crippen molar-refractivity contribution >= 4 is 23.6 Å². The number of carbonyl (C=O) groups is 4. The number of hydrogen-bond donors (Lipinski definition) is 2. The number of likely N-dealkylation sites (tertiary alicyclic amines) is 1. The number of nitrogens with zero attached hydrogens (tertiary/aromatic N) is 4. The molecule has 0 unspecified atom stereocenters. The van der Waals surface area contributed by atoms with Gasteiger partial charge in [0.25, 0.3) is 5.91 Å². The van der Waals surface area contributed by atoms with Gasteiger partial charge in [-0.25, -0.2) is 0 Å². The zero-order valence-electron chi connectivity index (χ0n) is 28.4. The van der Waals surface area contributed by atoms with E-state index in [4.69, 9.17) is 9.47 Å². The molecule has 4 amide bonds. The molecule has 264 valence electrons. The first-order chi connectivity index (χ1) is 23.4. The van der Waals surface area contributed by atoms with Gasteiger partial charge in [0, 0.05) is 71.0 Å². The molecule has 0 aromatic heterocycles. The number of nitrogens with one attached hydrogen (secondary N) is 2. The second kappa shape index (κ2) is 16.9. The first-order valence-electron chi connectivity index (χ1n) is 18.3. The zero-order valence-corrected chi connectivity index (χ0v) is 28.4. The van der Waals surface area contributed by atoms with Crippen molar-refractivity contribution in [1.29, 1.82) is 0 Å². The molecule has 1 aromatic carbocycles. The van der Waals surface area contributed by atoms with E-state index in [1.165, 1.54) is 0 Å². The Balaban J connectivity index is 1.11. The molecule has 0 aliphatic carbocycles. The van der Waals surface area contributed by atoms with Gasteiger partial charge < -0.3 is 29.9 Å². The van der Waals surface area contributed by atoms with E-state index in [-0.39, 0.29) is 62.0 Å². The summed E-state index contributed by atoms with van der Waals surface area (Å²) in [5.74, 6) is 0.968. The molecule has 6 heterocycles. The molecule has 48 heavy (non-hydrogen) atoms. The van der Waals surface area contributed by atoms with Gasteiger partial charge in [-0.2, -0.15) is 0 Å². The first kappa shape index (κ1) is 34.6. The first-order valence-corrected chi connectivity index (χ1v) is 18.3. The number of para-hydroxylation sites is 1. The van der Waals surface area contributed by atoms with Gasteiger partial charge in [0.1, 0.15) is 5.75 Å². The van der Waals surface area contributed by atoms with Crippen LogP contribution in [0.1, 0.15) is 57.8 Å². The SMILES string of the molecule is O=C(COc1ccccc1)NCCN1CC(=O)NCC[C@H]2CN(C3CCOCC3)CC[C@H]2CC(=O)N2CCC(CC2)N2CCC[C@H]2C1=O. The number of fused-ring (bicyclic) bond motifs is 9. The number of amides is 4. The molecule has 6 fully saturated rings. The standard InChI is InChI=1S/C36H54N6O6/c43-33-25-41(20-15-38-34(44)26-48-31-5-2-1-3-6-31)36(46)32-7-4-16-42(32)30-10-18-39(19-11-30)35(45)23-27-9-17-40(24-28(27)8-14-37-33)29-12-21-47-22-13-29/h1-3,5-6,27-30,32H,4,7-26H2,(H,37,43)(H,38,44)/t27-,28-,32-/m0/s1. The van der Waals surface area contributed by atoms with Crippen molar-refractivity contribution in [1.82, 2.24) is 30.2 Å². The second-order valence-electron chi connectivity index (χ2n) is 14.2. The Morgan fingerprint density at radius 1 is 0.896 bits per heavy atom. The van der Waals surface area contributed by atoms with Crippen LogP contribution < -0.4 is 15.4 Å². The van der Waals surface area contributed by atoms with Crippen LogP contribution in [0.25, 0.3) is 0 Å². The third-order valence-corrected chi connectivity index (χ3v) is 11.2. The Bertz CT molecular complexity index is 1240. The van der Waals surface area contributed by atoms with Crippen LogP contribution in [0.4, 0.5) is 0 Å². The van der Waals surface area contributed by atoms with Gasteiger partial charge in [-0.3, -0.25) is 29.0 Å². The Kier molecular flexibility index (Phi) is 12.2. The number of hydrogen-bond acceptors (Lipinski definition) is 8. The predicted molar refractivity (Wildman–Crippen MR) is 180 cm³/mol. The molecule has 0 radical (unpaired) electrons. The smallest absolute Gasteiger partial charge is 0.258 e. The van der Waals surface area contributed by atoms with E-state index in [0.29, 0.717) is 36.6 Å². The summed E-state index contributed by atoms with van der Waals surface area (Å²) in [5.41, 5.74) is 0. The van der Waals surface area contributed by atoms with Crippen molar-refractivity contribution in [3.63, 3.8) is 0 Å². The van der Waals surface area contributed by atoms with E-state index in [9.17, 15) is 19.2 Å². The van der Waals surface area contributed by atoms with Crippen molar-refractivity contribution in [2.75, 3.05) is 78.7 Å². The lowest BCUT2D eigenvalue weighted by Gasteiger charge is -2.44. The molecule has 2 N–H and O–H groups in total. The van der Waals surface area contributed by atoms with E-state index in [1.54, 1.807) is 17.0 Å². The fourth-order valence-electron chi connectivity index (χ4n) is 8.53. The molecule has 0 spiro atoms. The highest BCUT2D eigenvalue weighted by molar-refractivity contribution is 5.88. The van der Waals surface area contributed by atoms with Crippen LogP contribution in [0, 0.1) is 11.8 Å². The number of benzene rings is 1. The molecule has 2 bridgehead atoms. The topological polar surface area (TPSA) is 124 Å². The fraction of sp³-hybridized carbons (Fsp3) is 0.722. The predicted octanol–water partition coefficient (Wildman–Crippen LogP) is 1.49. The minimum Gasteiger partial charge on any atom is -0.484 e. The Morgan fingerprint density at radius 2 is 1.69 bits per heavy atom. The van der Waals surface area contributed by atoms with Crippen LogP contribution >= 0.6 is 0 Å². The van der Waals surface area contributed by atoms with E-state index in [2.05, 4.69) is 25.3 Å². The summed E-state index contributed by atoms with van der Waals surface area (Å²) in [7, 11) is 0. The molecule has 12 nitrogen and oxygen atoms in total. The van der Waals surface area contributed by atoms with Crippen LogP contribution in [-0.2, 0) is 23.9 Å². The normalized spacial score (nSPS) is 28.8. The average molecular weight is 667 g/mol. The fourth-order valence-corrected chi connectivity index (χ4v) is 8.53. The lowest BCUT2D eigenvalue weighted by Crippen LogP contribution is -2.55. The van der Waals surface area contributed by atoms with Gasteiger partial charge in [0.15, 0.2) is 6.61 Å². The highest BCUT2D eigenvalue weighted by Crippen LogP contribution is 2.33. The molecule has 6 aliphatic heterocycles. The molecule has 7 rings (SSSR count). The van der Waals surface area contributed by atoms with Crippen LogP contribution in [0.2, 0.25) is 0 Å². The number of carbonyl (C=O) groups excluding carboxylic acids is 4. The highest BCUT2D eigenvalue weighted by Gasteiger charge is 2.40. The van der Waals surface area contributed by atoms with Crippen LogP contribution in [0.5, 0.6) is 5.75 Å². The highest BCUT2D eigenvalue weighted by atomic mass is 16.5. The van der Waals surface area contributed by atoms with Crippen LogP contribution in [-0.4, -0.2) is 140 Å². The molecule has 6 aliphatic rings. The quantitative estimate of drug-likeness (QED) is 0.449. The van der Waals surface area contributed by atoms with E-state index in [1.807, 2.05) is 18.2 Å². The zero-order chi connectivity index (χ0) is 33.3. The Hall–Kier alpha value is -3.22. The van der Waals surface area contributed by atoms with Crippen LogP contribution in [0.15, 0.2) is 30.3 Å². The third-order valence-electron chi connectivity index (χ3n) is 11.2. The maximum atomic E-state index is 14.1. The molecule has 0 saturated carbocycles. The number of ether oxygens (including phenoxy) is 2. The van der Waals surface area contributed by atoms with Gasteiger partial charge >= 0.3 is 0 Å². The monoisotopic (exact) mass is 666 g/mol. The Morgan fingerprint density at radius 3 is 2.48 bits per heavy atom. The van der Waals surface area contributed by atoms with Gasteiger partial charge in [0.05, 0.1) is 12.6 Å². The van der Waals surface area contributed by atoms with E-state index >= 15 is 0 Å². The van der Waals surface area contributed by atoms with Gasteiger partial charge in [-0.1, -0.05) is 18.2 Å². The van der Waals surface area contributed by atoms with Crippen molar-refractivity contribution in [2.45, 2.75) is 75.9 Å². The minimum atomic E-state index is -0.295. The summed E-state index contributed by atoms with van der Waals surface area (Å²) in [5, 5.41) is 5.97. The van der Waals surface area contributed by atoms with Crippen molar-refractivity contribution in [2.24, 2.45) is 11.8 Å². The largest absolute Gasteiger partial charge is 0.484 e. The molecular formula is C36H54N6O6. The average Bonchev–Trinajstić information content (AvgIpc) is 3.61. The summed E-state index contributed by atoms with van der Waals surface area (Å²) in [6.45, 7) is 6.68. The van der Waals surface area contributed by atoms with Gasteiger partial charge in [-0.05, 0) is 88.4 Å². The summed E-state index contributed by atoms with van der Waals surface area (Å²) >= 11 is 0. The lowest BCUT2D eigenvalue weighted by molar-refractivity contribution is -0.141. The molecule has 3 atom stereocenters. The maximum absolute atomic E-state index is 14.1. The second-order valence-corrected chi connectivity index (χ2v) is 14.2. The minimum absolute atomic E-state index is 0.0429. The summed E-state index contributed by atoms with van der Waals surface area (Å²) < 4.78 is 11.2. The molecule has 6 saturated heterocycles. The summed E-state index contributed by atoms with van der Waals surface area (Å²) in [6.07, 6.45) is 7.86. The maximum Gasteiger partial charge on any atom is 0.258 e. The summed E-state index contributed by atoms with van der Waals surface area (Å²) in [4.78, 5) is 62.2. The van der Waals surface area contributed by atoms with E-state index < -0.39 is 0 Å². The van der Waals surface area contributed by atoms with Crippen molar-refractivity contribution in [3.05, 3.63) is 30.3 Å². The molecular weight excluding hydrogens is 612 g/mol. The van der Waals surface area contributed by atoms with Crippen molar-refractivity contribution in [3.8, 4) is 5.75 Å². The van der Waals surface area contributed by atoms with Crippen molar-refractivity contribution < 1.29 is 28.7 Å².